The summed E-state index contributed by atoms with van der Waals surface area (Å²) in [6, 6.07) is 6.14. The molecule has 0 amide bonds. The van der Waals surface area contributed by atoms with Crippen LogP contribution in [-0.2, 0) is 6.54 Å². The standard InChI is InChI=1S/C14H18N4S/c1-11-9-15-14(19-11)17-13-6-4-5-12(16-13)10-18-7-2-3-8-18/h4-6,9H,2-3,7-8,10H2,1H3,(H,15,16,17). The number of likely N-dealkylation sites (tertiary alicyclic amines) is 1. The van der Waals surface area contributed by atoms with Crippen molar-refractivity contribution in [3.8, 4) is 0 Å². The number of hydrogen-bond donors (Lipinski definition) is 1. The number of nitrogens with zero attached hydrogens (tertiary/aromatic N) is 3. The summed E-state index contributed by atoms with van der Waals surface area (Å²) in [4.78, 5) is 12.6. The first-order valence-corrected chi connectivity index (χ1v) is 7.49. The number of pyridine rings is 1. The van der Waals surface area contributed by atoms with Gasteiger partial charge in [0.25, 0.3) is 0 Å². The van der Waals surface area contributed by atoms with E-state index in [1.807, 2.05) is 12.3 Å². The maximum atomic E-state index is 4.65. The van der Waals surface area contributed by atoms with Gasteiger partial charge in [-0.3, -0.25) is 4.90 Å². The topological polar surface area (TPSA) is 41.1 Å². The number of nitrogens with one attached hydrogen (secondary N) is 1. The predicted molar refractivity (Wildman–Crippen MR) is 78.9 cm³/mol. The molecule has 1 N–H and O–H groups in total. The summed E-state index contributed by atoms with van der Waals surface area (Å²) in [5.41, 5.74) is 1.13. The Hall–Kier alpha value is -1.46. The SMILES string of the molecule is Cc1cnc(Nc2cccc(CN3CCCC3)n2)s1. The van der Waals surface area contributed by atoms with Crippen LogP contribution in [0, 0.1) is 6.92 Å². The summed E-state index contributed by atoms with van der Waals surface area (Å²) >= 11 is 1.65. The van der Waals surface area contributed by atoms with Gasteiger partial charge in [-0.2, -0.15) is 0 Å². The van der Waals surface area contributed by atoms with E-state index in [1.54, 1.807) is 11.3 Å². The molecule has 0 radical (unpaired) electrons. The van der Waals surface area contributed by atoms with Crippen LogP contribution >= 0.6 is 11.3 Å². The van der Waals surface area contributed by atoms with Crippen molar-refractivity contribution in [2.75, 3.05) is 18.4 Å². The summed E-state index contributed by atoms with van der Waals surface area (Å²) < 4.78 is 0. The van der Waals surface area contributed by atoms with E-state index in [0.29, 0.717) is 0 Å². The largest absolute Gasteiger partial charge is 0.316 e. The van der Waals surface area contributed by atoms with Crippen LogP contribution in [0.4, 0.5) is 10.9 Å². The normalized spacial score (nSPS) is 15.8. The van der Waals surface area contributed by atoms with Crippen molar-refractivity contribution < 1.29 is 0 Å². The number of hydrogen-bond acceptors (Lipinski definition) is 5. The average molecular weight is 274 g/mol. The van der Waals surface area contributed by atoms with Gasteiger partial charge in [-0.1, -0.05) is 6.07 Å². The second kappa shape index (κ2) is 5.67. The van der Waals surface area contributed by atoms with Crippen molar-refractivity contribution >= 4 is 22.3 Å². The van der Waals surface area contributed by atoms with Crippen LogP contribution in [0.5, 0.6) is 0 Å². The molecule has 0 spiro atoms. The van der Waals surface area contributed by atoms with E-state index < -0.39 is 0 Å². The molecule has 0 atom stereocenters. The number of aromatic nitrogens is 2. The fraction of sp³-hybridized carbons (Fsp3) is 0.429. The van der Waals surface area contributed by atoms with E-state index in [-0.39, 0.29) is 0 Å². The zero-order chi connectivity index (χ0) is 13.1. The first-order valence-electron chi connectivity index (χ1n) is 6.67. The molecule has 0 saturated carbocycles. The van der Waals surface area contributed by atoms with Crippen molar-refractivity contribution in [1.29, 1.82) is 0 Å². The van der Waals surface area contributed by atoms with Crippen LogP contribution in [0.2, 0.25) is 0 Å². The van der Waals surface area contributed by atoms with Crippen LogP contribution in [0.1, 0.15) is 23.4 Å². The summed E-state index contributed by atoms with van der Waals surface area (Å²) in [6.45, 7) is 5.41. The third-order valence-electron chi connectivity index (χ3n) is 3.25. The molecule has 2 aromatic heterocycles. The van der Waals surface area contributed by atoms with Gasteiger partial charge in [0.15, 0.2) is 5.13 Å². The lowest BCUT2D eigenvalue weighted by atomic mass is 10.3. The molecule has 1 aliphatic heterocycles. The third-order valence-corrected chi connectivity index (χ3v) is 4.08. The molecule has 0 unspecified atom stereocenters. The van der Waals surface area contributed by atoms with Crippen LogP contribution in [0.3, 0.4) is 0 Å². The molecule has 1 aliphatic rings. The molecule has 0 aromatic carbocycles. The lowest BCUT2D eigenvalue weighted by Crippen LogP contribution is -2.19. The van der Waals surface area contributed by atoms with Gasteiger partial charge >= 0.3 is 0 Å². The Morgan fingerprint density at radius 3 is 2.89 bits per heavy atom. The Morgan fingerprint density at radius 1 is 1.32 bits per heavy atom. The van der Waals surface area contributed by atoms with Crippen molar-refractivity contribution in [2.24, 2.45) is 0 Å². The molecule has 1 saturated heterocycles. The third kappa shape index (κ3) is 3.30. The lowest BCUT2D eigenvalue weighted by Gasteiger charge is -2.14. The van der Waals surface area contributed by atoms with Crippen LogP contribution in [0.25, 0.3) is 0 Å². The van der Waals surface area contributed by atoms with Crippen molar-refractivity contribution in [3.63, 3.8) is 0 Å². The van der Waals surface area contributed by atoms with E-state index in [4.69, 9.17) is 0 Å². The van der Waals surface area contributed by atoms with E-state index >= 15 is 0 Å². The van der Waals surface area contributed by atoms with Gasteiger partial charge in [0.05, 0.1) is 5.69 Å². The predicted octanol–water partition coefficient (Wildman–Crippen LogP) is 3.19. The first kappa shape index (κ1) is 12.6. The van der Waals surface area contributed by atoms with E-state index in [0.717, 1.165) is 23.2 Å². The molecule has 4 nitrogen and oxygen atoms in total. The van der Waals surface area contributed by atoms with E-state index in [9.17, 15) is 0 Å². The second-order valence-electron chi connectivity index (χ2n) is 4.90. The van der Waals surface area contributed by atoms with Gasteiger partial charge in [0.1, 0.15) is 5.82 Å². The highest BCUT2D eigenvalue weighted by Crippen LogP contribution is 2.21. The summed E-state index contributed by atoms with van der Waals surface area (Å²) in [6.07, 6.45) is 4.51. The highest BCUT2D eigenvalue weighted by Gasteiger charge is 2.12. The molecule has 3 heterocycles. The lowest BCUT2D eigenvalue weighted by molar-refractivity contribution is 0.327. The van der Waals surface area contributed by atoms with Crippen LogP contribution in [-0.4, -0.2) is 28.0 Å². The van der Waals surface area contributed by atoms with Crippen molar-refractivity contribution in [2.45, 2.75) is 26.3 Å². The first-order chi connectivity index (χ1) is 9.29. The summed E-state index contributed by atoms with van der Waals surface area (Å²) in [5.74, 6) is 0.881. The van der Waals surface area contributed by atoms with E-state index in [2.05, 4.69) is 39.2 Å². The van der Waals surface area contributed by atoms with Crippen molar-refractivity contribution in [3.05, 3.63) is 35.0 Å². The number of aryl methyl sites for hydroxylation is 1. The number of anilines is 2. The highest BCUT2D eigenvalue weighted by molar-refractivity contribution is 7.15. The zero-order valence-corrected chi connectivity index (χ0v) is 11.9. The molecule has 1 fully saturated rings. The summed E-state index contributed by atoms with van der Waals surface area (Å²) in [5, 5.41) is 4.17. The Morgan fingerprint density at radius 2 is 2.16 bits per heavy atom. The number of rotatable bonds is 4. The molecule has 100 valence electrons. The van der Waals surface area contributed by atoms with Crippen LogP contribution in [0.15, 0.2) is 24.4 Å². The zero-order valence-electron chi connectivity index (χ0n) is 11.1. The second-order valence-corrected chi connectivity index (χ2v) is 6.13. The molecule has 2 aromatic rings. The van der Waals surface area contributed by atoms with Gasteiger partial charge in [-0.05, 0) is 45.0 Å². The minimum Gasteiger partial charge on any atom is -0.316 e. The van der Waals surface area contributed by atoms with Gasteiger partial charge in [-0.25, -0.2) is 9.97 Å². The average Bonchev–Trinajstić information content (AvgIpc) is 3.02. The van der Waals surface area contributed by atoms with Gasteiger partial charge in [0.2, 0.25) is 0 Å². The monoisotopic (exact) mass is 274 g/mol. The summed E-state index contributed by atoms with van der Waals surface area (Å²) in [7, 11) is 0. The van der Waals surface area contributed by atoms with Crippen LogP contribution < -0.4 is 5.32 Å². The molecular weight excluding hydrogens is 256 g/mol. The Labute approximate surface area is 117 Å². The molecule has 0 aliphatic carbocycles. The fourth-order valence-corrected chi connectivity index (χ4v) is 3.00. The highest BCUT2D eigenvalue weighted by atomic mass is 32.1. The molecule has 5 heteroatoms. The van der Waals surface area contributed by atoms with E-state index in [1.165, 1.54) is 30.8 Å². The Balaban J connectivity index is 1.68. The maximum absolute atomic E-state index is 4.65. The maximum Gasteiger partial charge on any atom is 0.188 e. The fourth-order valence-electron chi connectivity index (χ4n) is 2.33. The Kier molecular flexibility index (Phi) is 3.75. The minimum atomic E-state index is 0.881. The molecular formula is C14H18N4S. The van der Waals surface area contributed by atoms with Gasteiger partial charge < -0.3 is 5.32 Å². The Bertz CT molecular complexity index is 546. The molecule has 19 heavy (non-hydrogen) atoms. The smallest absolute Gasteiger partial charge is 0.188 e. The van der Waals surface area contributed by atoms with Gasteiger partial charge in [0, 0.05) is 17.6 Å². The number of thiazole rings is 1. The van der Waals surface area contributed by atoms with Gasteiger partial charge in [-0.15, -0.1) is 11.3 Å². The minimum absolute atomic E-state index is 0.881. The quantitative estimate of drug-likeness (QED) is 0.929. The molecule has 3 rings (SSSR count). The van der Waals surface area contributed by atoms with Crippen molar-refractivity contribution in [1.82, 2.24) is 14.9 Å². The molecule has 0 bridgehead atoms.